The van der Waals surface area contributed by atoms with Crippen LogP contribution in [0.2, 0.25) is 0 Å². The van der Waals surface area contributed by atoms with Gasteiger partial charge in [-0.25, -0.2) is 8.42 Å². The molecule has 1 aromatic carbocycles. The van der Waals surface area contributed by atoms with Gasteiger partial charge >= 0.3 is 0 Å². The monoisotopic (exact) mass is 422 g/mol. The number of nitrogens with zero attached hydrogens (tertiary/aromatic N) is 1. The number of likely N-dealkylation sites (tertiary alicyclic amines) is 1. The smallest absolute Gasteiger partial charge is 0.222 e. The summed E-state index contributed by atoms with van der Waals surface area (Å²) in [5.74, 6) is 0.754. The Kier molecular flexibility index (Phi) is 8.71. The standard InChI is InChI=1S/C23H38N2O3S/c1-19(2)23(3,18-20-11-13-21(14-12-20)29(4,27)28)24-15-7-9-17-25-16-8-5-6-10-22(25)26/h11-14,19,24H,5-10,15-18H2,1-4H3. The molecular formula is C23H38N2O3S. The summed E-state index contributed by atoms with van der Waals surface area (Å²) < 4.78 is 23.3. The molecule has 1 N–H and O–H groups in total. The summed E-state index contributed by atoms with van der Waals surface area (Å²) in [6, 6.07) is 7.24. The van der Waals surface area contributed by atoms with E-state index in [0.29, 0.717) is 23.1 Å². The highest BCUT2D eigenvalue weighted by atomic mass is 32.2. The van der Waals surface area contributed by atoms with Crippen molar-refractivity contribution in [3.8, 4) is 0 Å². The van der Waals surface area contributed by atoms with Gasteiger partial charge in [-0.1, -0.05) is 32.4 Å². The van der Waals surface area contributed by atoms with Crippen molar-refractivity contribution >= 4 is 15.7 Å². The van der Waals surface area contributed by atoms with Crippen LogP contribution >= 0.6 is 0 Å². The fourth-order valence-electron chi connectivity index (χ4n) is 3.83. The van der Waals surface area contributed by atoms with Crippen molar-refractivity contribution < 1.29 is 13.2 Å². The molecule has 1 fully saturated rings. The van der Waals surface area contributed by atoms with E-state index >= 15 is 0 Å². The molecule has 29 heavy (non-hydrogen) atoms. The second kappa shape index (κ2) is 10.6. The first-order chi connectivity index (χ1) is 13.6. The fourth-order valence-corrected chi connectivity index (χ4v) is 4.46. The summed E-state index contributed by atoms with van der Waals surface area (Å²) in [4.78, 5) is 14.5. The van der Waals surface area contributed by atoms with Crippen molar-refractivity contribution in [1.29, 1.82) is 0 Å². The van der Waals surface area contributed by atoms with E-state index in [1.54, 1.807) is 12.1 Å². The lowest BCUT2D eigenvalue weighted by atomic mass is 9.82. The lowest BCUT2D eigenvalue weighted by Gasteiger charge is -2.35. The molecular weight excluding hydrogens is 384 g/mol. The highest BCUT2D eigenvalue weighted by molar-refractivity contribution is 7.90. The fraction of sp³-hybridized carbons (Fsp3) is 0.696. The van der Waals surface area contributed by atoms with Crippen molar-refractivity contribution in [3.63, 3.8) is 0 Å². The molecule has 0 bridgehead atoms. The maximum absolute atomic E-state index is 12.1. The van der Waals surface area contributed by atoms with Crippen LogP contribution in [0.25, 0.3) is 0 Å². The van der Waals surface area contributed by atoms with Crippen LogP contribution < -0.4 is 5.32 Å². The van der Waals surface area contributed by atoms with Crippen LogP contribution in [-0.2, 0) is 21.1 Å². The Morgan fingerprint density at radius 3 is 2.41 bits per heavy atom. The maximum atomic E-state index is 12.1. The number of hydrogen-bond acceptors (Lipinski definition) is 4. The molecule has 1 atom stereocenters. The minimum Gasteiger partial charge on any atom is -0.343 e. The largest absolute Gasteiger partial charge is 0.343 e. The number of unbranched alkanes of at least 4 members (excludes halogenated alkanes) is 1. The van der Waals surface area contributed by atoms with Crippen LogP contribution in [0.3, 0.4) is 0 Å². The third-order valence-electron chi connectivity index (χ3n) is 6.25. The van der Waals surface area contributed by atoms with Crippen molar-refractivity contribution in [1.82, 2.24) is 10.2 Å². The zero-order valence-electron chi connectivity index (χ0n) is 18.5. The summed E-state index contributed by atoms with van der Waals surface area (Å²) in [7, 11) is -3.16. The number of carbonyl (C=O) groups excluding carboxylic acids is 1. The van der Waals surface area contributed by atoms with Gasteiger partial charge in [0.1, 0.15) is 0 Å². The van der Waals surface area contributed by atoms with Crippen molar-refractivity contribution in [3.05, 3.63) is 29.8 Å². The quantitative estimate of drug-likeness (QED) is 0.582. The molecule has 6 heteroatoms. The van der Waals surface area contributed by atoms with Gasteiger partial charge in [-0.15, -0.1) is 0 Å². The molecule has 0 aliphatic carbocycles. The minimum atomic E-state index is -3.16. The van der Waals surface area contributed by atoms with E-state index in [9.17, 15) is 13.2 Å². The average Bonchev–Trinajstić information content (AvgIpc) is 2.85. The maximum Gasteiger partial charge on any atom is 0.222 e. The van der Waals surface area contributed by atoms with E-state index in [1.165, 1.54) is 12.7 Å². The molecule has 1 saturated heterocycles. The second-order valence-corrected chi connectivity index (χ2v) is 11.0. The number of amides is 1. The molecule has 5 nitrogen and oxygen atoms in total. The zero-order valence-corrected chi connectivity index (χ0v) is 19.4. The highest BCUT2D eigenvalue weighted by Crippen LogP contribution is 2.23. The van der Waals surface area contributed by atoms with Crippen molar-refractivity contribution in [2.45, 2.75) is 76.2 Å². The SMILES string of the molecule is CC(C)C(C)(Cc1ccc(S(C)(=O)=O)cc1)NCCCCN1CCCCCC1=O. The number of nitrogens with one attached hydrogen (secondary N) is 1. The molecule has 1 aromatic rings. The van der Waals surface area contributed by atoms with Gasteiger partial charge in [-0.05, 0) is 69.2 Å². The first-order valence-electron chi connectivity index (χ1n) is 10.9. The predicted molar refractivity (Wildman–Crippen MR) is 119 cm³/mol. The molecule has 1 aliphatic heterocycles. The summed E-state index contributed by atoms with van der Waals surface area (Å²) in [5, 5.41) is 3.73. The van der Waals surface area contributed by atoms with Gasteiger partial charge in [-0.2, -0.15) is 0 Å². The Hall–Kier alpha value is -1.40. The van der Waals surface area contributed by atoms with E-state index in [-0.39, 0.29) is 5.54 Å². The first kappa shape index (κ1) is 23.9. The number of sulfone groups is 1. The molecule has 164 valence electrons. The molecule has 1 unspecified atom stereocenters. The third-order valence-corrected chi connectivity index (χ3v) is 7.38. The van der Waals surface area contributed by atoms with Crippen LogP contribution in [0.1, 0.15) is 64.9 Å². The number of rotatable bonds is 10. The summed E-state index contributed by atoms with van der Waals surface area (Å²) in [6.07, 6.45) is 8.20. The van der Waals surface area contributed by atoms with E-state index in [1.807, 2.05) is 17.0 Å². The number of hydrogen-bond donors (Lipinski definition) is 1. The number of benzene rings is 1. The molecule has 1 heterocycles. The summed E-state index contributed by atoms with van der Waals surface area (Å²) in [6.45, 7) is 9.37. The molecule has 0 aromatic heterocycles. The molecule has 0 spiro atoms. The van der Waals surface area contributed by atoms with Gasteiger partial charge in [0.25, 0.3) is 0 Å². The Morgan fingerprint density at radius 2 is 1.79 bits per heavy atom. The average molecular weight is 423 g/mol. The van der Waals surface area contributed by atoms with Crippen LogP contribution in [-0.4, -0.2) is 50.7 Å². The van der Waals surface area contributed by atoms with E-state index in [4.69, 9.17) is 0 Å². The van der Waals surface area contributed by atoms with Crippen LogP contribution in [0.5, 0.6) is 0 Å². The summed E-state index contributed by atoms with van der Waals surface area (Å²) >= 11 is 0. The topological polar surface area (TPSA) is 66.5 Å². The Morgan fingerprint density at radius 1 is 1.10 bits per heavy atom. The second-order valence-electron chi connectivity index (χ2n) is 8.99. The lowest BCUT2D eigenvalue weighted by molar-refractivity contribution is -0.130. The molecule has 0 radical (unpaired) electrons. The molecule has 1 aliphatic rings. The van der Waals surface area contributed by atoms with Gasteiger partial charge in [-0.3, -0.25) is 4.79 Å². The number of carbonyl (C=O) groups is 1. The molecule has 1 amide bonds. The normalized spacial score (nSPS) is 18.0. The predicted octanol–water partition coefficient (Wildman–Crippen LogP) is 3.82. The summed E-state index contributed by atoms with van der Waals surface area (Å²) in [5.41, 5.74) is 1.07. The van der Waals surface area contributed by atoms with Crippen molar-refractivity contribution in [2.75, 3.05) is 25.9 Å². The van der Waals surface area contributed by atoms with Gasteiger partial charge in [0.2, 0.25) is 5.91 Å². The zero-order chi connectivity index (χ0) is 21.5. The van der Waals surface area contributed by atoms with Crippen LogP contribution in [0, 0.1) is 5.92 Å². The van der Waals surface area contributed by atoms with Crippen LogP contribution in [0.15, 0.2) is 29.2 Å². The van der Waals surface area contributed by atoms with Gasteiger partial charge in [0.05, 0.1) is 4.90 Å². The van der Waals surface area contributed by atoms with Crippen molar-refractivity contribution in [2.24, 2.45) is 5.92 Å². The van der Waals surface area contributed by atoms with E-state index in [2.05, 4.69) is 26.1 Å². The van der Waals surface area contributed by atoms with Crippen LogP contribution in [0.4, 0.5) is 0 Å². The highest BCUT2D eigenvalue weighted by Gasteiger charge is 2.28. The lowest BCUT2D eigenvalue weighted by Crippen LogP contribution is -2.49. The molecule has 2 rings (SSSR count). The van der Waals surface area contributed by atoms with Gasteiger partial charge < -0.3 is 10.2 Å². The Bertz CT molecular complexity index is 759. The molecule has 0 saturated carbocycles. The third kappa shape index (κ3) is 7.41. The van der Waals surface area contributed by atoms with Gasteiger partial charge in [0.15, 0.2) is 9.84 Å². The van der Waals surface area contributed by atoms with E-state index < -0.39 is 9.84 Å². The first-order valence-corrected chi connectivity index (χ1v) is 12.8. The van der Waals surface area contributed by atoms with Gasteiger partial charge in [0, 0.05) is 31.3 Å². The Balaban J connectivity index is 1.84. The minimum absolute atomic E-state index is 0.0645. The Labute approximate surface area is 177 Å². The van der Waals surface area contributed by atoms with E-state index in [0.717, 1.165) is 57.3 Å².